The molecular weight excluding hydrogens is 567 g/mol. The maximum Gasteiger partial charge on any atom is 0.262 e. The number of hydrogen-bond acceptors (Lipinski definition) is 3. The van der Waals surface area contributed by atoms with Crippen molar-refractivity contribution in [1.29, 1.82) is 5.26 Å². The molecule has 0 saturated heterocycles. The first-order chi connectivity index (χ1) is 15.0. The number of carbonyl (C=O) groups is 1. The molecule has 0 bridgehead atoms. The summed E-state index contributed by atoms with van der Waals surface area (Å²) >= 11 is 5.71. The highest BCUT2D eigenvalue weighted by Crippen LogP contribution is 2.27. The van der Waals surface area contributed by atoms with E-state index >= 15 is 0 Å². The van der Waals surface area contributed by atoms with E-state index < -0.39 is 5.91 Å². The third-order valence-corrected chi connectivity index (χ3v) is 5.80. The summed E-state index contributed by atoms with van der Waals surface area (Å²) in [5.41, 5.74) is 2.67. The van der Waals surface area contributed by atoms with Gasteiger partial charge in [-0.3, -0.25) is 4.79 Å². The predicted molar refractivity (Wildman–Crippen MR) is 134 cm³/mol. The number of nitrogens with one attached hydrogen (secondary N) is 1. The molecule has 0 spiro atoms. The minimum Gasteiger partial charge on any atom is -0.488 e. The third-order valence-electron chi connectivity index (χ3n) is 4.59. The van der Waals surface area contributed by atoms with Crippen LogP contribution in [0.5, 0.6) is 5.75 Å². The van der Waals surface area contributed by atoms with Gasteiger partial charge in [0, 0.05) is 13.6 Å². The monoisotopic (exact) mass is 586 g/mol. The van der Waals surface area contributed by atoms with Gasteiger partial charge in [-0.1, -0.05) is 58.4 Å². The van der Waals surface area contributed by atoms with Crippen molar-refractivity contribution in [3.8, 4) is 11.8 Å². The summed E-state index contributed by atoms with van der Waals surface area (Å²) in [4.78, 5) is 12.7. The summed E-state index contributed by atoms with van der Waals surface area (Å²) in [6.45, 7) is 2.27. The third kappa shape index (κ3) is 6.68. The van der Waals surface area contributed by atoms with Crippen LogP contribution < -0.4 is 10.1 Å². The lowest BCUT2D eigenvalue weighted by Crippen LogP contribution is -2.27. The van der Waals surface area contributed by atoms with Crippen LogP contribution >= 0.6 is 38.5 Å². The molecule has 1 N–H and O–H groups in total. The maximum atomic E-state index is 12.7. The minimum absolute atomic E-state index is 0.0139. The molecule has 0 unspecified atom stereocenters. The molecule has 3 aromatic carbocycles. The molecule has 0 saturated carbocycles. The molecule has 3 rings (SSSR count). The second-order valence-corrected chi connectivity index (χ2v) is 9.03. The normalized spacial score (nSPS) is 12.0. The van der Waals surface area contributed by atoms with E-state index in [4.69, 9.17) is 4.74 Å². The van der Waals surface area contributed by atoms with Gasteiger partial charge >= 0.3 is 0 Å². The zero-order chi connectivity index (χ0) is 22.2. The van der Waals surface area contributed by atoms with Gasteiger partial charge in [0.1, 0.15) is 24.0 Å². The molecule has 4 nitrogen and oxygen atoms in total. The minimum atomic E-state index is -0.428. The summed E-state index contributed by atoms with van der Waals surface area (Å²) in [5.74, 6) is 0.167. The van der Waals surface area contributed by atoms with Crippen LogP contribution in [0.2, 0.25) is 0 Å². The fraction of sp³-hybridized carbons (Fsp3) is 0.120. The highest BCUT2D eigenvalue weighted by Gasteiger charge is 2.15. The van der Waals surface area contributed by atoms with Gasteiger partial charge in [0.15, 0.2) is 0 Å². The van der Waals surface area contributed by atoms with Crippen molar-refractivity contribution in [3.63, 3.8) is 0 Å². The average Bonchev–Trinajstić information content (AvgIpc) is 2.78. The summed E-state index contributed by atoms with van der Waals surface area (Å²) in [7, 11) is 0. The Morgan fingerprint density at radius 1 is 1.16 bits per heavy atom. The fourth-order valence-electron chi connectivity index (χ4n) is 2.91. The van der Waals surface area contributed by atoms with Crippen LogP contribution in [0.3, 0.4) is 0 Å². The van der Waals surface area contributed by atoms with E-state index in [0.29, 0.717) is 17.9 Å². The predicted octanol–water partition coefficient (Wildman–Crippen LogP) is 6.42. The molecule has 1 atom stereocenters. The first kappa shape index (κ1) is 23.0. The first-order valence-corrected chi connectivity index (χ1v) is 11.5. The van der Waals surface area contributed by atoms with Crippen LogP contribution in [-0.2, 0) is 11.4 Å². The van der Waals surface area contributed by atoms with Crippen molar-refractivity contribution >= 4 is 50.5 Å². The number of benzene rings is 3. The van der Waals surface area contributed by atoms with Crippen molar-refractivity contribution in [1.82, 2.24) is 5.32 Å². The lowest BCUT2D eigenvalue weighted by molar-refractivity contribution is -0.117. The van der Waals surface area contributed by atoms with E-state index in [1.54, 1.807) is 6.08 Å². The molecule has 0 radical (unpaired) electrons. The molecule has 6 heteroatoms. The standard InChI is InChI=1S/C25H20BrIN2O2/c1-17(19-5-3-2-4-6-19)29-25(30)21(15-28)13-20-14-22(26)9-12-24(20)31-16-18-7-10-23(27)11-8-18/h2-14,17H,16H2,1H3,(H,29,30)/b21-13-/t17-/m0/s1. The van der Waals surface area contributed by atoms with E-state index in [1.807, 2.05) is 85.8 Å². The van der Waals surface area contributed by atoms with E-state index in [2.05, 4.69) is 43.8 Å². The van der Waals surface area contributed by atoms with Crippen molar-refractivity contribution in [2.45, 2.75) is 19.6 Å². The van der Waals surface area contributed by atoms with E-state index in [-0.39, 0.29) is 11.6 Å². The number of hydrogen-bond donors (Lipinski definition) is 1. The number of amides is 1. The zero-order valence-corrected chi connectivity index (χ0v) is 20.6. The van der Waals surface area contributed by atoms with Gasteiger partial charge < -0.3 is 10.1 Å². The molecule has 3 aromatic rings. The summed E-state index contributed by atoms with van der Waals surface area (Å²) in [5, 5.41) is 12.5. The Morgan fingerprint density at radius 3 is 2.55 bits per heavy atom. The zero-order valence-electron chi connectivity index (χ0n) is 16.8. The number of rotatable bonds is 7. The van der Waals surface area contributed by atoms with Crippen LogP contribution in [0, 0.1) is 14.9 Å². The Kier molecular flexibility index (Phi) is 8.27. The smallest absolute Gasteiger partial charge is 0.262 e. The number of halogens is 2. The average molecular weight is 587 g/mol. The highest BCUT2D eigenvalue weighted by molar-refractivity contribution is 14.1. The number of ether oxygens (including phenoxy) is 1. The first-order valence-electron chi connectivity index (χ1n) is 9.60. The largest absolute Gasteiger partial charge is 0.488 e. The van der Waals surface area contributed by atoms with E-state index in [1.165, 1.54) is 0 Å². The van der Waals surface area contributed by atoms with E-state index in [9.17, 15) is 10.1 Å². The Bertz CT molecular complexity index is 1120. The lowest BCUT2D eigenvalue weighted by atomic mass is 10.1. The molecule has 0 aliphatic heterocycles. The molecule has 1 amide bonds. The Balaban J connectivity index is 1.79. The van der Waals surface area contributed by atoms with Crippen molar-refractivity contribution < 1.29 is 9.53 Å². The number of nitriles is 1. The fourth-order valence-corrected chi connectivity index (χ4v) is 3.65. The molecule has 0 heterocycles. The van der Waals surface area contributed by atoms with Gasteiger partial charge in [-0.2, -0.15) is 5.26 Å². The van der Waals surface area contributed by atoms with Crippen molar-refractivity contribution in [2.75, 3.05) is 0 Å². The van der Waals surface area contributed by atoms with Gasteiger partial charge in [0.25, 0.3) is 5.91 Å². The second kappa shape index (κ2) is 11.1. The van der Waals surface area contributed by atoms with Gasteiger partial charge in [-0.15, -0.1) is 0 Å². The van der Waals surface area contributed by atoms with Gasteiger partial charge in [-0.05, 0) is 77.0 Å². The van der Waals surface area contributed by atoms with E-state index in [0.717, 1.165) is 19.2 Å². The molecule has 0 aromatic heterocycles. The number of nitrogens with zero attached hydrogens (tertiary/aromatic N) is 1. The number of carbonyl (C=O) groups excluding carboxylic acids is 1. The van der Waals surface area contributed by atoms with Crippen molar-refractivity contribution in [2.24, 2.45) is 0 Å². The highest BCUT2D eigenvalue weighted by atomic mass is 127. The quantitative estimate of drug-likeness (QED) is 0.197. The summed E-state index contributed by atoms with van der Waals surface area (Å²) in [6, 6.07) is 25.0. The molecule has 0 aliphatic rings. The molecule has 0 aliphatic carbocycles. The SMILES string of the molecule is C[C@H](NC(=O)/C(C#N)=C\c1cc(Br)ccc1OCc1ccc(I)cc1)c1ccccc1. The van der Waals surface area contributed by atoms with Gasteiger partial charge in [-0.25, -0.2) is 0 Å². The molecular formula is C25H20BrIN2O2. The van der Waals surface area contributed by atoms with Crippen LogP contribution in [0.1, 0.15) is 29.7 Å². The Morgan fingerprint density at radius 2 is 1.87 bits per heavy atom. The van der Waals surface area contributed by atoms with Crippen LogP contribution in [0.15, 0.2) is 82.8 Å². The van der Waals surface area contributed by atoms with Gasteiger partial charge in [0.2, 0.25) is 0 Å². The second-order valence-electron chi connectivity index (χ2n) is 6.87. The maximum absolute atomic E-state index is 12.7. The topological polar surface area (TPSA) is 62.1 Å². The van der Waals surface area contributed by atoms with Crippen LogP contribution in [0.4, 0.5) is 0 Å². The summed E-state index contributed by atoms with van der Waals surface area (Å²) < 4.78 is 7.97. The molecule has 156 valence electrons. The van der Waals surface area contributed by atoms with Crippen LogP contribution in [0.25, 0.3) is 6.08 Å². The Labute approximate surface area is 204 Å². The van der Waals surface area contributed by atoms with Crippen LogP contribution in [-0.4, -0.2) is 5.91 Å². The molecule has 0 fully saturated rings. The van der Waals surface area contributed by atoms with Gasteiger partial charge in [0.05, 0.1) is 6.04 Å². The Hall–Kier alpha value is -2.63. The molecule has 31 heavy (non-hydrogen) atoms. The van der Waals surface area contributed by atoms with Crippen molar-refractivity contribution in [3.05, 3.63) is 103 Å². The lowest BCUT2D eigenvalue weighted by Gasteiger charge is -2.14. The summed E-state index contributed by atoms with van der Waals surface area (Å²) in [6.07, 6.45) is 1.56.